The van der Waals surface area contributed by atoms with Crippen LogP contribution in [-0.2, 0) is 6.54 Å². The monoisotopic (exact) mass is 345 g/mol. The first-order chi connectivity index (χ1) is 11.5. The van der Waals surface area contributed by atoms with Crippen molar-refractivity contribution < 1.29 is 9.21 Å². The standard InChI is InChI=1S/C16H16ClN5O2/c1-21(2)15-13(4-3-7-18-15)20-16(23)14-6-5-12(24-14)10-22-9-11(17)8-19-22/h3-9H,10H2,1-2H3,(H,20,23). The summed E-state index contributed by atoms with van der Waals surface area (Å²) >= 11 is 5.82. The Morgan fingerprint density at radius 2 is 2.21 bits per heavy atom. The van der Waals surface area contributed by atoms with Crippen molar-refractivity contribution in [2.75, 3.05) is 24.3 Å². The van der Waals surface area contributed by atoms with Crippen molar-refractivity contribution in [1.29, 1.82) is 0 Å². The Morgan fingerprint density at radius 1 is 1.38 bits per heavy atom. The molecule has 0 aliphatic heterocycles. The minimum absolute atomic E-state index is 0.219. The van der Waals surface area contributed by atoms with Crippen molar-refractivity contribution in [3.8, 4) is 0 Å². The summed E-state index contributed by atoms with van der Waals surface area (Å²) in [6, 6.07) is 6.91. The minimum Gasteiger partial charge on any atom is -0.454 e. The first kappa shape index (κ1) is 16.1. The molecule has 0 fully saturated rings. The second-order valence-electron chi connectivity index (χ2n) is 5.35. The lowest BCUT2D eigenvalue weighted by molar-refractivity contribution is 0.0994. The molecule has 0 unspecified atom stereocenters. The molecule has 124 valence electrons. The van der Waals surface area contributed by atoms with Crippen LogP contribution in [0.3, 0.4) is 0 Å². The zero-order valence-electron chi connectivity index (χ0n) is 13.2. The largest absolute Gasteiger partial charge is 0.454 e. The van der Waals surface area contributed by atoms with E-state index in [-0.39, 0.29) is 11.7 Å². The van der Waals surface area contributed by atoms with E-state index < -0.39 is 0 Å². The van der Waals surface area contributed by atoms with Crippen LogP contribution < -0.4 is 10.2 Å². The molecule has 3 aromatic rings. The van der Waals surface area contributed by atoms with Crippen molar-refractivity contribution in [3.05, 3.63) is 59.4 Å². The fourth-order valence-corrected chi connectivity index (χ4v) is 2.36. The number of nitrogens with one attached hydrogen (secondary N) is 1. The predicted octanol–water partition coefficient (Wildman–Crippen LogP) is 2.89. The summed E-state index contributed by atoms with van der Waals surface area (Å²) in [5.74, 6) is 1.16. The SMILES string of the molecule is CN(C)c1ncccc1NC(=O)c1ccc(Cn2cc(Cl)cn2)o1. The maximum atomic E-state index is 12.4. The third-order valence-corrected chi connectivity index (χ3v) is 3.46. The van der Waals surface area contributed by atoms with Gasteiger partial charge in [0.15, 0.2) is 11.6 Å². The van der Waals surface area contributed by atoms with Gasteiger partial charge in [-0.25, -0.2) is 4.98 Å². The second kappa shape index (κ2) is 6.76. The molecule has 7 nitrogen and oxygen atoms in total. The molecule has 0 saturated heterocycles. The van der Waals surface area contributed by atoms with Crippen LogP contribution >= 0.6 is 11.6 Å². The maximum absolute atomic E-state index is 12.4. The smallest absolute Gasteiger partial charge is 0.291 e. The van der Waals surface area contributed by atoms with E-state index in [1.54, 1.807) is 47.5 Å². The molecule has 3 heterocycles. The van der Waals surface area contributed by atoms with Gasteiger partial charge in [0.2, 0.25) is 0 Å². The lowest BCUT2D eigenvalue weighted by Crippen LogP contribution is -2.17. The number of carbonyl (C=O) groups excluding carboxylic acids is 1. The number of nitrogens with zero attached hydrogens (tertiary/aromatic N) is 4. The van der Waals surface area contributed by atoms with Crippen molar-refractivity contribution in [2.45, 2.75) is 6.54 Å². The quantitative estimate of drug-likeness (QED) is 0.769. The molecule has 0 aromatic carbocycles. The molecule has 0 aliphatic rings. The van der Waals surface area contributed by atoms with Crippen LogP contribution in [0.25, 0.3) is 0 Å². The highest BCUT2D eigenvalue weighted by molar-refractivity contribution is 6.30. The highest BCUT2D eigenvalue weighted by Crippen LogP contribution is 2.21. The molecule has 3 aromatic heterocycles. The Balaban J connectivity index is 1.72. The molecule has 0 bridgehead atoms. The maximum Gasteiger partial charge on any atom is 0.291 e. The number of anilines is 2. The Hall–Kier alpha value is -2.80. The van der Waals surface area contributed by atoms with Crippen molar-refractivity contribution in [1.82, 2.24) is 14.8 Å². The molecule has 3 rings (SSSR count). The van der Waals surface area contributed by atoms with Gasteiger partial charge in [-0.05, 0) is 24.3 Å². The Bertz CT molecular complexity index is 856. The Labute approximate surface area is 143 Å². The van der Waals surface area contributed by atoms with E-state index in [9.17, 15) is 4.79 Å². The number of amides is 1. The van der Waals surface area contributed by atoms with Crippen LogP contribution in [-0.4, -0.2) is 34.8 Å². The Morgan fingerprint density at radius 3 is 2.92 bits per heavy atom. The molecule has 0 spiro atoms. The highest BCUT2D eigenvalue weighted by Gasteiger charge is 2.15. The minimum atomic E-state index is -0.337. The lowest BCUT2D eigenvalue weighted by atomic mass is 10.3. The van der Waals surface area contributed by atoms with E-state index in [4.69, 9.17) is 16.0 Å². The zero-order chi connectivity index (χ0) is 17.1. The topological polar surface area (TPSA) is 76.2 Å². The van der Waals surface area contributed by atoms with E-state index in [0.29, 0.717) is 28.8 Å². The second-order valence-corrected chi connectivity index (χ2v) is 5.78. The van der Waals surface area contributed by atoms with Crippen LogP contribution in [0.4, 0.5) is 11.5 Å². The number of hydrogen-bond acceptors (Lipinski definition) is 5. The predicted molar refractivity (Wildman–Crippen MR) is 91.6 cm³/mol. The van der Waals surface area contributed by atoms with E-state index in [0.717, 1.165) is 0 Å². The van der Waals surface area contributed by atoms with E-state index in [2.05, 4.69) is 15.4 Å². The summed E-state index contributed by atoms with van der Waals surface area (Å²) in [5, 5.41) is 7.43. The van der Waals surface area contributed by atoms with Crippen molar-refractivity contribution in [2.24, 2.45) is 0 Å². The van der Waals surface area contributed by atoms with E-state index in [1.165, 1.54) is 0 Å². The molecule has 0 aliphatic carbocycles. The molecule has 1 N–H and O–H groups in total. The first-order valence-corrected chi connectivity index (χ1v) is 7.61. The van der Waals surface area contributed by atoms with E-state index in [1.807, 2.05) is 19.0 Å². The van der Waals surface area contributed by atoms with Crippen LogP contribution in [0.2, 0.25) is 5.02 Å². The molecular formula is C16H16ClN5O2. The van der Waals surface area contributed by atoms with Gasteiger partial charge in [0.25, 0.3) is 5.91 Å². The third kappa shape index (κ3) is 3.57. The van der Waals surface area contributed by atoms with Gasteiger partial charge in [0, 0.05) is 26.5 Å². The van der Waals surface area contributed by atoms with Gasteiger partial charge in [-0.1, -0.05) is 11.6 Å². The molecular weight excluding hydrogens is 330 g/mol. The number of rotatable bonds is 5. The fourth-order valence-electron chi connectivity index (χ4n) is 2.20. The summed E-state index contributed by atoms with van der Waals surface area (Å²) in [6.45, 7) is 0.399. The number of halogens is 1. The summed E-state index contributed by atoms with van der Waals surface area (Å²) in [4.78, 5) is 18.4. The average molecular weight is 346 g/mol. The molecule has 1 amide bonds. The van der Waals surface area contributed by atoms with Gasteiger partial charge in [-0.3, -0.25) is 9.48 Å². The Kier molecular flexibility index (Phi) is 4.52. The molecule has 24 heavy (non-hydrogen) atoms. The average Bonchev–Trinajstić information content (AvgIpc) is 3.17. The molecule has 0 atom stereocenters. The van der Waals surface area contributed by atoms with Gasteiger partial charge < -0.3 is 14.6 Å². The van der Waals surface area contributed by atoms with E-state index >= 15 is 0 Å². The number of furan rings is 1. The summed E-state index contributed by atoms with van der Waals surface area (Å²) < 4.78 is 7.21. The third-order valence-electron chi connectivity index (χ3n) is 3.26. The summed E-state index contributed by atoms with van der Waals surface area (Å²) in [7, 11) is 3.72. The number of aromatic nitrogens is 3. The summed E-state index contributed by atoms with van der Waals surface area (Å²) in [6.07, 6.45) is 4.90. The van der Waals surface area contributed by atoms with Gasteiger partial charge in [-0.15, -0.1) is 0 Å². The number of carbonyl (C=O) groups is 1. The highest BCUT2D eigenvalue weighted by atomic mass is 35.5. The van der Waals surface area contributed by atoms with Gasteiger partial charge >= 0.3 is 0 Å². The van der Waals surface area contributed by atoms with Gasteiger partial charge in [-0.2, -0.15) is 5.10 Å². The molecule has 0 saturated carbocycles. The lowest BCUT2D eigenvalue weighted by Gasteiger charge is -2.15. The van der Waals surface area contributed by atoms with Crippen molar-refractivity contribution in [3.63, 3.8) is 0 Å². The zero-order valence-corrected chi connectivity index (χ0v) is 14.0. The number of hydrogen-bond donors (Lipinski definition) is 1. The number of pyridine rings is 1. The van der Waals surface area contributed by atoms with Crippen LogP contribution in [0.1, 0.15) is 16.3 Å². The van der Waals surface area contributed by atoms with Gasteiger partial charge in [0.1, 0.15) is 5.76 Å². The van der Waals surface area contributed by atoms with Crippen molar-refractivity contribution >= 4 is 29.0 Å². The first-order valence-electron chi connectivity index (χ1n) is 7.23. The molecule has 8 heteroatoms. The summed E-state index contributed by atoms with van der Waals surface area (Å²) in [5.41, 5.74) is 0.615. The fraction of sp³-hybridized carbons (Fsp3) is 0.188. The van der Waals surface area contributed by atoms with Crippen LogP contribution in [0.5, 0.6) is 0 Å². The van der Waals surface area contributed by atoms with Crippen LogP contribution in [0, 0.1) is 0 Å². The van der Waals surface area contributed by atoms with Crippen LogP contribution in [0.15, 0.2) is 47.3 Å². The normalized spacial score (nSPS) is 10.6. The van der Waals surface area contributed by atoms with Gasteiger partial charge in [0.05, 0.1) is 23.5 Å². The molecule has 0 radical (unpaired) electrons.